The Morgan fingerprint density at radius 1 is 1.15 bits per heavy atom. The molecule has 0 saturated heterocycles. The molecule has 1 aromatic carbocycles. The van der Waals surface area contributed by atoms with Crippen molar-refractivity contribution in [1.82, 2.24) is 9.80 Å². The highest BCUT2D eigenvalue weighted by atomic mass is 32.1. The first-order chi connectivity index (χ1) is 16.5. The average Bonchev–Trinajstić information content (AvgIpc) is 3.54. The van der Waals surface area contributed by atoms with E-state index < -0.39 is 0 Å². The molecule has 1 aliphatic rings. The van der Waals surface area contributed by atoms with Crippen LogP contribution in [0.5, 0.6) is 5.75 Å². The van der Waals surface area contributed by atoms with Crippen molar-refractivity contribution >= 4 is 34.5 Å². The second kappa shape index (κ2) is 11.2. The molecule has 2 amide bonds. The lowest BCUT2D eigenvalue weighted by Crippen LogP contribution is -2.48. The summed E-state index contributed by atoms with van der Waals surface area (Å²) in [6.45, 7) is 7.97. The molecule has 1 aliphatic heterocycles. The van der Waals surface area contributed by atoms with Gasteiger partial charge < -0.3 is 14.5 Å². The lowest BCUT2D eigenvalue weighted by molar-refractivity contribution is -0.135. The highest BCUT2D eigenvalue weighted by Gasteiger charge is 2.34. The molecule has 3 aromatic rings. The fourth-order valence-corrected chi connectivity index (χ4v) is 5.84. The lowest BCUT2D eigenvalue weighted by Gasteiger charge is -2.37. The van der Waals surface area contributed by atoms with Crippen LogP contribution < -0.4 is 4.74 Å². The molecule has 34 heavy (non-hydrogen) atoms. The fraction of sp³-hybridized carbons (Fsp3) is 0.407. The van der Waals surface area contributed by atoms with Gasteiger partial charge in [-0.1, -0.05) is 44.0 Å². The van der Waals surface area contributed by atoms with E-state index in [0.717, 1.165) is 24.2 Å². The first-order valence-electron chi connectivity index (χ1n) is 11.8. The van der Waals surface area contributed by atoms with E-state index in [1.54, 1.807) is 16.2 Å². The summed E-state index contributed by atoms with van der Waals surface area (Å²) in [7, 11) is 0. The summed E-state index contributed by atoms with van der Waals surface area (Å²) in [5.41, 5.74) is 2.34. The molecule has 0 spiro atoms. The van der Waals surface area contributed by atoms with Crippen LogP contribution in [0.1, 0.15) is 52.0 Å². The smallest absolute Gasteiger partial charge is 0.264 e. The third kappa shape index (κ3) is 5.70. The number of benzene rings is 1. The molecule has 0 radical (unpaired) electrons. The molecular formula is C27H32N2O3S2. The average molecular weight is 497 g/mol. The number of thiophene rings is 2. The normalized spacial score (nSPS) is 16.1. The maximum absolute atomic E-state index is 13.6. The zero-order valence-electron chi connectivity index (χ0n) is 20.0. The number of aryl methyl sites for hydroxylation is 1. The number of ether oxygens (including phenoxy) is 1. The molecule has 3 heterocycles. The standard InChI is InChI=1S/C27H32N2O3S2/c1-4-19(2)16-28(27(31)25-6-5-14-33-25)17-26(30)29-13-11-24-22(12-15-34-24)23(29)18-32-21-9-7-20(3)8-10-21/h5-10,12,14-15,19,23H,4,11,13,16-18H2,1-3H3/t19-,23-/m1/s1. The molecule has 0 fully saturated rings. The Kier molecular flexibility index (Phi) is 8.06. The molecule has 7 heteroatoms. The summed E-state index contributed by atoms with van der Waals surface area (Å²) >= 11 is 3.16. The van der Waals surface area contributed by atoms with Gasteiger partial charge in [-0.2, -0.15) is 0 Å². The Morgan fingerprint density at radius 3 is 2.65 bits per heavy atom. The van der Waals surface area contributed by atoms with Crippen molar-refractivity contribution in [3.63, 3.8) is 0 Å². The fourth-order valence-electron chi connectivity index (χ4n) is 4.22. The van der Waals surface area contributed by atoms with Crippen molar-refractivity contribution in [3.8, 4) is 5.75 Å². The Morgan fingerprint density at radius 2 is 1.94 bits per heavy atom. The summed E-state index contributed by atoms with van der Waals surface area (Å²) in [6, 6.07) is 13.6. The van der Waals surface area contributed by atoms with Gasteiger partial charge in [0.1, 0.15) is 18.9 Å². The van der Waals surface area contributed by atoms with E-state index in [2.05, 4.69) is 25.3 Å². The molecule has 180 valence electrons. The maximum atomic E-state index is 13.6. The first-order valence-corrected chi connectivity index (χ1v) is 13.6. The molecule has 5 nitrogen and oxygen atoms in total. The summed E-state index contributed by atoms with van der Waals surface area (Å²) in [5.74, 6) is 1.03. The highest BCUT2D eigenvalue weighted by Crippen LogP contribution is 2.34. The van der Waals surface area contributed by atoms with Gasteiger partial charge in [0, 0.05) is 18.0 Å². The Balaban J connectivity index is 1.52. The van der Waals surface area contributed by atoms with Crippen molar-refractivity contribution in [3.05, 3.63) is 74.1 Å². The lowest BCUT2D eigenvalue weighted by atomic mass is 10.00. The van der Waals surface area contributed by atoms with E-state index in [4.69, 9.17) is 4.74 Å². The quantitative estimate of drug-likeness (QED) is 0.376. The summed E-state index contributed by atoms with van der Waals surface area (Å²) in [4.78, 5) is 32.5. The van der Waals surface area contributed by atoms with Gasteiger partial charge in [0.05, 0.1) is 10.9 Å². The van der Waals surface area contributed by atoms with Crippen molar-refractivity contribution < 1.29 is 14.3 Å². The van der Waals surface area contributed by atoms with Gasteiger partial charge in [0.25, 0.3) is 5.91 Å². The van der Waals surface area contributed by atoms with Crippen LogP contribution in [0.4, 0.5) is 0 Å². The van der Waals surface area contributed by atoms with Gasteiger partial charge in [0.15, 0.2) is 0 Å². The highest BCUT2D eigenvalue weighted by molar-refractivity contribution is 7.12. The van der Waals surface area contributed by atoms with Crippen LogP contribution in [-0.4, -0.2) is 47.9 Å². The number of hydrogen-bond acceptors (Lipinski definition) is 5. The van der Waals surface area contributed by atoms with Crippen LogP contribution >= 0.6 is 22.7 Å². The van der Waals surface area contributed by atoms with Gasteiger partial charge in [-0.3, -0.25) is 9.59 Å². The van der Waals surface area contributed by atoms with E-state index in [1.807, 2.05) is 53.6 Å². The second-order valence-corrected chi connectivity index (χ2v) is 10.9. The van der Waals surface area contributed by atoms with E-state index in [1.165, 1.54) is 21.8 Å². The van der Waals surface area contributed by atoms with Gasteiger partial charge >= 0.3 is 0 Å². The largest absolute Gasteiger partial charge is 0.491 e. The van der Waals surface area contributed by atoms with Crippen LogP contribution in [0.15, 0.2) is 53.2 Å². The monoisotopic (exact) mass is 496 g/mol. The molecule has 4 rings (SSSR count). The Labute approximate surface area is 210 Å². The number of carbonyl (C=O) groups is 2. The number of rotatable bonds is 9. The van der Waals surface area contributed by atoms with E-state index in [-0.39, 0.29) is 24.4 Å². The third-order valence-electron chi connectivity index (χ3n) is 6.42. The van der Waals surface area contributed by atoms with Crippen LogP contribution in [-0.2, 0) is 11.2 Å². The predicted molar refractivity (Wildman–Crippen MR) is 139 cm³/mol. The number of amides is 2. The van der Waals surface area contributed by atoms with E-state index in [0.29, 0.717) is 30.5 Å². The Bertz CT molecular complexity index is 1090. The van der Waals surface area contributed by atoms with E-state index in [9.17, 15) is 9.59 Å². The maximum Gasteiger partial charge on any atom is 0.264 e. The van der Waals surface area contributed by atoms with Crippen LogP contribution in [0, 0.1) is 12.8 Å². The molecule has 0 bridgehead atoms. The number of carbonyl (C=O) groups excluding carboxylic acids is 2. The summed E-state index contributed by atoms with van der Waals surface area (Å²) < 4.78 is 6.13. The van der Waals surface area contributed by atoms with Crippen molar-refractivity contribution in [2.75, 3.05) is 26.2 Å². The zero-order valence-corrected chi connectivity index (χ0v) is 21.7. The molecular weight excluding hydrogens is 464 g/mol. The third-order valence-corrected chi connectivity index (χ3v) is 8.27. The van der Waals surface area contributed by atoms with Gasteiger partial charge in [-0.05, 0) is 59.9 Å². The van der Waals surface area contributed by atoms with Crippen molar-refractivity contribution in [2.24, 2.45) is 5.92 Å². The van der Waals surface area contributed by atoms with Crippen molar-refractivity contribution in [1.29, 1.82) is 0 Å². The van der Waals surface area contributed by atoms with Gasteiger partial charge in [-0.25, -0.2) is 0 Å². The predicted octanol–water partition coefficient (Wildman–Crippen LogP) is 5.81. The molecule has 2 atom stereocenters. The van der Waals surface area contributed by atoms with Gasteiger partial charge in [-0.15, -0.1) is 22.7 Å². The number of nitrogens with zero attached hydrogens (tertiary/aromatic N) is 2. The van der Waals surface area contributed by atoms with Crippen LogP contribution in [0.2, 0.25) is 0 Å². The van der Waals surface area contributed by atoms with E-state index >= 15 is 0 Å². The molecule has 2 aromatic heterocycles. The SMILES string of the molecule is CC[C@@H](C)CN(CC(=O)N1CCc2sccc2[C@H]1COc1ccc(C)cc1)C(=O)c1cccs1. The topological polar surface area (TPSA) is 49.9 Å². The van der Waals surface area contributed by atoms with Crippen LogP contribution in [0.25, 0.3) is 0 Å². The molecule has 0 unspecified atom stereocenters. The summed E-state index contributed by atoms with van der Waals surface area (Å²) in [5, 5.41) is 3.99. The minimum absolute atomic E-state index is 0.0254. The van der Waals surface area contributed by atoms with Gasteiger partial charge in [0.2, 0.25) is 5.91 Å². The summed E-state index contributed by atoms with van der Waals surface area (Å²) in [6.07, 6.45) is 1.79. The molecule has 0 N–H and O–H groups in total. The van der Waals surface area contributed by atoms with Crippen LogP contribution in [0.3, 0.4) is 0 Å². The minimum Gasteiger partial charge on any atom is -0.491 e. The van der Waals surface area contributed by atoms with Crippen molar-refractivity contribution in [2.45, 2.75) is 39.7 Å². The molecule has 0 saturated carbocycles. The second-order valence-electron chi connectivity index (χ2n) is 8.95. The Hall–Kier alpha value is -2.64. The first kappa shape index (κ1) is 24.5. The number of hydrogen-bond donors (Lipinski definition) is 0. The number of fused-ring (bicyclic) bond motifs is 1. The zero-order chi connectivity index (χ0) is 24.1. The minimum atomic E-state index is -0.161. The molecule has 0 aliphatic carbocycles.